The lowest BCUT2D eigenvalue weighted by Crippen LogP contribution is -2.41. The maximum Gasteiger partial charge on any atom is 0.316 e. The van der Waals surface area contributed by atoms with Gasteiger partial charge in [-0.2, -0.15) is 8.42 Å². The van der Waals surface area contributed by atoms with Crippen LogP contribution in [0.1, 0.15) is 168 Å². The van der Waals surface area contributed by atoms with Gasteiger partial charge in [0.15, 0.2) is 0 Å². The molecule has 0 radical (unpaired) electrons. The van der Waals surface area contributed by atoms with E-state index in [1.165, 1.54) is 64.2 Å². The van der Waals surface area contributed by atoms with Crippen molar-refractivity contribution in [2.75, 3.05) is 46.1 Å². The highest BCUT2D eigenvalue weighted by Gasteiger charge is 2.26. The summed E-state index contributed by atoms with van der Waals surface area (Å²) in [6, 6.07) is 0. The quantitative estimate of drug-likeness (QED) is 0.0229. The van der Waals surface area contributed by atoms with Crippen LogP contribution in [-0.4, -0.2) is 81.2 Å². The summed E-state index contributed by atoms with van der Waals surface area (Å²) in [7, 11) is 0.477. The zero-order valence-corrected chi connectivity index (χ0v) is 31.7. The molecular weight excluding hydrogens is 616 g/mol. The average molecular weight is 690 g/mol. The van der Waals surface area contributed by atoms with Crippen LogP contribution in [0.2, 0.25) is 0 Å². The minimum Gasteiger partial charge on any atom is -0.465 e. The van der Waals surface area contributed by atoms with E-state index in [9.17, 15) is 22.8 Å². The number of esters is 1. The van der Waals surface area contributed by atoms with Gasteiger partial charge in [-0.15, -0.1) is 0 Å². The summed E-state index contributed by atoms with van der Waals surface area (Å²) in [5.74, 6) is -1.19. The smallest absolute Gasteiger partial charge is 0.316 e. The molecule has 0 aromatic carbocycles. The number of hydrogen-bond acceptors (Lipinski definition) is 6. The van der Waals surface area contributed by atoms with E-state index in [0.717, 1.165) is 75.4 Å². The fraction of sp³-hybridized carbons (Fsp3) is 0.919. The van der Waals surface area contributed by atoms with Crippen LogP contribution >= 0.6 is 0 Å². The van der Waals surface area contributed by atoms with Crippen LogP contribution in [0.3, 0.4) is 0 Å². The third kappa shape index (κ3) is 30.3. The zero-order valence-electron chi connectivity index (χ0n) is 30.8. The van der Waals surface area contributed by atoms with Crippen molar-refractivity contribution in [3.05, 3.63) is 0 Å². The second-order valence-electron chi connectivity index (χ2n) is 14.1. The maximum absolute atomic E-state index is 12.9. The first-order valence-corrected chi connectivity index (χ1v) is 20.8. The van der Waals surface area contributed by atoms with Crippen LogP contribution in [0.15, 0.2) is 0 Å². The van der Waals surface area contributed by atoms with Gasteiger partial charge in [-0.05, 0) is 58.3 Å². The van der Waals surface area contributed by atoms with Crippen molar-refractivity contribution < 1.29 is 36.6 Å². The predicted octanol–water partition coefficient (Wildman–Crippen LogP) is 8.20. The lowest BCUT2D eigenvalue weighted by molar-refractivity contribution is -0.890. The number of Topliss-reactive ketones (excluding diaryl/α,β-unsaturated/α-hetero) is 1. The molecule has 1 amide bonds. The van der Waals surface area contributed by atoms with Crippen molar-refractivity contribution in [2.45, 2.75) is 168 Å². The second-order valence-corrected chi connectivity index (χ2v) is 15.7. The van der Waals surface area contributed by atoms with Gasteiger partial charge in [-0.3, -0.25) is 18.9 Å². The molecule has 0 fully saturated rings. The van der Waals surface area contributed by atoms with Gasteiger partial charge in [0.05, 0.1) is 39.5 Å². The van der Waals surface area contributed by atoms with Gasteiger partial charge in [0.2, 0.25) is 5.91 Å². The Morgan fingerprint density at radius 2 is 1.15 bits per heavy atom. The van der Waals surface area contributed by atoms with E-state index in [4.69, 9.17) is 9.29 Å². The van der Waals surface area contributed by atoms with E-state index >= 15 is 0 Å². The fourth-order valence-electron chi connectivity index (χ4n) is 6.05. The highest BCUT2D eigenvalue weighted by Crippen LogP contribution is 2.18. The van der Waals surface area contributed by atoms with Crippen molar-refractivity contribution in [1.82, 2.24) is 5.32 Å². The van der Waals surface area contributed by atoms with Gasteiger partial charge < -0.3 is 14.5 Å². The Hall–Kier alpha value is -1.52. The molecule has 0 unspecified atom stereocenters. The van der Waals surface area contributed by atoms with Crippen LogP contribution in [0.25, 0.3) is 0 Å². The minimum absolute atomic E-state index is 0.0171. The van der Waals surface area contributed by atoms with E-state index < -0.39 is 22.0 Å². The van der Waals surface area contributed by atoms with Crippen LogP contribution in [0.4, 0.5) is 0 Å². The van der Waals surface area contributed by atoms with Crippen LogP contribution < -0.4 is 5.32 Å². The number of ether oxygens (including phenoxy) is 1. The van der Waals surface area contributed by atoms with E-state index in [0.29, 0.717) is 38.6 Å². The third-order valence-electron chi connectivity index (χ3n) is 9.06. The third-order valence-corrected chi connectivity index (χ3v) is 9.87. The van der Waals surface area contributed by atoms with Gasteiger partial charge in [0.1, 0.15) is 11.7 Å². The van der Waals surface area contributed by atoms with Gasteiger partial charge in [-0.25, -0.2) is 0 Å². The maximum atomic E-state index is 12.9. The number of hydrogen-bond donors (Lipinski definition) is 2. The normalized spacial score (nSPS) is 12.6. The highest BCUT2D eigenvalue weighted by molar-refractivity contribution is 7.85. The Morgan fingerprint density at radius 3 is 1.68 bits per heavy atom. The molecule has 0 saturated heterocycles. The highest BCUT2D eigenvalue weighted by atomic mass is 32.2. The van der Waals surface area contributed by atoms with Crippen molar-refractivity contribution in [2.24, 2.45) is 5.92 Å². The SMILES string of the molecule is CCCCCCCCCCCC(=O)NCCCC[C@@H](C(=O)CCCCCCCCCC[N+](C)(C)CCCCS(=O)(=O)O)C(=O)OCC. The molecule has 0 aliphatic rings. The van der Waals surface area contributed by atoms with Crippen molar-refractivity contribution in [1.29, 1.82) is 0 Å². The topological polar surface area (TPSA) is 127 Å². The van der Waals surface area contributed by atoms with Crippen LogP contribution in [-0.2, 0) is 29.2 Å². The minimum atomic E-state index is -3.86. The molecule has 0 heterocycles. The summed E-state index contributed by atoms with van der Waals surface area (Å²) < 4.78 is 36.6. The molecule has 9 nitrogen and oxygen atoms in total. The molecular formula is C37H73N2O7S+. The molecule has 0 aromatic heterocycles. The standard InChI is InChI=1S/C37H72N2O7S/c1-5-7-8-9-10-11-15-18-21-29-36(41)38-30-23-22-27-34(37(42)46-6-2)35(40)28-20-17-14-12-13-16-19-24-31-39(3,4)32-25-26-33-47(43,44)45/h34H,5-33H2,1-4H3,(H-,38,41,43,44,45)/p+1/t34-/m0/s1. The first-order chi connectivity index (χ1) is 22.4. The summed E-state index contributed by atoms with van der Waals surface area (Å²) >= 11 is 0. The van der Waals surface area contributed by atoms with Gasteiger partial charge in [-0.1, -0.05) is 96.8 Å². The molecule has 0 aliphatic heterocycles. The number of carbonyl (C=O) groups is 3. The summed E-state index contributed by atoms with van der Waals surface area (Å²) in [4.78, 5) is 37.5. The molecule has 0 saturated carbocycles. The van der Waals surface area contributed by atoms with E-state index in [-0.39, 0.29) is 24.1 Å². The van der Waals surface area contributed by atoms with E-state index in [1.54, 1.807) is 6.92 Å². The number of nitrogens with zero attached hydrogens (tertiary/aromatic N) is 1. The Balaban J connectivity index is 3.98. The predicted molar refractivity (Wildman–Crippen MR) is 193 cm³/mol. The number of quaternary nitrogens is 1. The lowest BCUT2D eigenvalue weighted by atomic mass is 9.93. The Bertz CT molecular complexity index is 908. The molecule has 47 heavy (non-hydrogen) atoms. The fourth-order valence-corrected chi connectivity index (χ4v) is 6.62. The number of ketones is 1. The summed E-state index contributed by atoms with van der Waals surface area (Å²) in [5.41, 5.74) is 0. The molecule has 2 N–H and O–H groups in total. The Morgan fingerprint density at radius 1 is 0.660 bits per heavy atom. The summed E-state index contributed by atoms with van der Waals surface area (Å²) in [6.07, 6.45) is 24.0. The van der Waals surface area contributed by atoms with Crippen molar-refractivity contribution in [3.8, 4) is 0 Å². The first-order valence-electron chi connectivity index (χ1n) is 19.1. The molecule has 1 atom stereocenters. The van der Waals surface area contributed by atoms with Gasteiger partial charge >= 0.3 is 5.97 Å². The van der Waals surface area contributed by atoms with Gasteiger partial charge in [0.25, 0.3) is 10.1 Å². The van der Waals surface area contributed by atoms with Crippen LogP contribution in [0, 0.1) is 5.92 Å². The first kappa shape index (κ1) is 45.5. The Labute approximate surface area is 289 Å². The molecule has 10 heteroatoms. The number of carbonyl (C=O) groups excluding carboxylic acids is 3. The average Bonchev–Trinajstić information content (AvgIpc) is 3.00. The largest absolute Gasteiger partial charge is 0.465 e. The zero-order chi connectivity index (χ0) is 35.2. The number of nitrogens with one attached hydrogen (secondary N) is 1. The lowest BCUT2D eigenvalue weighted by Gasteiger charge is -2.29. The number of unbranched alkanes of at least 4 members (excludes halogenated alkanes) is 17. The van der Waals surface area contributed by atoms with E-state index in [2.05, 4.69) is 26.3 Å². The van der Waals surface area contributed by atoms with Crippen molar-refractivity contribution in [3.63, 3.8) is 0 Å². The summed E-state index contributed by atoms with van der Waals surface area (Å²) in [6.45, 7) is 6.81. The van der Waals surface area contributed by atoms with Crippen LogP contribution in [0.5, 0.6) is 0 Å². The molecule has 0 aromatic rings. The number of amides is 1. The van der Waals surface area contributed by atoms with Gasteiger partial charge in [0, 0.05) is 19.4 Å². The molecule has 0 spiro atoms. The molecule has 278 valence electrons. The Kier molecular flexibility index (Phi) is 28.5. The molecule has 0 rings (SSSR count). The number of rotatable bonds is 34. The monoisotopic (exact) mass is 690 g/mol. The molecule has 0 bridgehead atoms. The van der Waals surface area contributed by atoms with E-state index in [1.807, 2.05) is 0 Å². The summed E-state index contributed by atoms with van der Waals surface area (Å²) in [5, 5.41) is 2.99. The van der Waals surface area contributed by atoms with Crippen molar-refractivity contribution >= 4 is 27.8 Å². The molecule has 0 aliphatic carbocycles. The second kappa shape index (κ2) is 29.4.